The van der Waals surface area contributed by atoms with Gasteiger partial charge < -0.3 is 23.4 Å². The second kappa shape index (κ2) is 9.31. The maximum atomic E-state index is 12.5. The van der Waals surface area contributed by atoms with E-state index in [0.29, 0.717) is 17.3 Å². The molecule has 0 fully saturated rings. The molecule has 0 bridgehead atoms. The van der Waals surface area contributed by atoms with E-state index in [0.717, 1.165) is 0 Å². The fourth-order valence-corrected chi connectivity index (χ4v) is 2.15. The van der Waals surface area contributed by atoms with Crippen molar-refractivity contribution >= 4 is 11.9 Å². The van der Waals surface area contributed by atoms with Gasteiger partial charge in [0.25, 0.3) is 0 Å². The molecule has 0 spiro atoms. The summed E-state index contributed by atoms with van der Waals surface area (Å²) in [6.45, 7) is 1.95. The van der Waals surface area contributed by atoms with E-state index in [4.69, 9.17) is 23.4 Å². The van der Waals surface area contributed by atoms with E-state index in [-0.39, 0.29) is 12.2 Å². The minimum atomic E-state index is -0.880. The fraction of sp³-hybridized carbons (Fsp3) is 0.263. The lowest BCUT2D eigenvalue weighted by Gasteiger charge is -2.13. The number of methoxy groups -OCH3 is 2. The molecule has 0 unspecified atom stereocenters. The van der Waals surface area contributed by atoms with Crippen LogP contribution >= 0.6 is 0 Å². The summed E-state index contributed by atoms with van der Waals surface area (Å²) < 4.78 is 25.9. The lowest BCUT2D eigenvalue weighted by atomic mass is 10.2. The Hall–Kier alpha value is -3.22. The molecule has 0 aliphatic heterocycles. The first kappa shape index (κ1) is 19.1. The number of furan rings is 1. The van der Waals surface area contributed by atoms with E-state index < -0.39 is 18.0 Å². The zero-order valence-corrected chi connectivity index (χ0v) is 14.8. The number of carbonyl (C=O) groups is 2. The molecule has 138 valence electrons. The van der Waals surface area contributed by atoms with Gasteiger partial charge in [-0.3, -0.25) is 0 Å². The predicted octanol–water partition coefficient (Wildman–Crippen LogP) is 3.31. The lowest BCUT2D eigenvalue weighted by molar-refractivity contribution is -0.137. The van der Waals surface area contributed by atoms with Crippen LogP contribution in [-0.4, -0.2) is 32.8 Å². The molecule has 1 heterocycles. The topological polar surface area (TPSA) is 84.2 Å². The van der Waals surface area contributed by atoms with Crippen molar-refractivity contribution < 1.29 is 33.0 Å². The highest BCUT2D eigenvalue weighted by molar-refractivity contribution is 5.90. The summed E-state index contributed by atoms with van der Waals surface area (Å²) in [5.41, 5.74) is 0.267. The molecule has 0 radical (unpaired) electrons. The van der Waals surface area contributed by atoms with Gasteiger partial charge in [0.2, 0.25) is 0 Å². The molecule has 0 saturated heterocycles. The van der Waals surface area contributed by atoms with Crippen LogP contribution in [0.4, 0.5) is 0 Å². The summed E-state index contributed by atoms with van der Waals surface area (Å²) >= 11 is 0. The molecule has 0 amide bonds. The molecule has 0 aliphatic rings. The number of benzene rings is 1. The van der Waals surface area contributed by atoms with Gasteiger partial charge in [-0.05, 0) is 43.3 Å². The van der Waals surface area contributed by atoms with Gasteiger partial charge in [0.1, 0.15) is 5.76 Å². The SMILES string of the molecule is CCOC(=O)/C=C/[C@@H](OC(=O)c1ccc(OC)c(OC)c1)c1ccco1. The third-order valence-corrected chi connectivity index (χ3v) is 3.37. The number of rotatable bonds is 8. The van der Waals surface area contributed by atoms with Gasteiger partial charge in [-0.25, -0.2) is 9.59 Å². The van der Waals surface area contributed by atoms with Crippen molar-refractivity contribution in [1.82, 2.24) is 0 Å². The number of hydrogen-bond acceptors (Lipinski definition) is 7. The largest absolute Gasteiger partial charge is 0.493 e. The highest BCUT2D eigenvalue weighted by Crippen LogP contribution is 2.29. The Bertz CT molecular complexity index is 762. The molecule has 0 aliphatic carbocycles. The molecule has 7 nitrogen and oxygen atoms in total. The van der Waals surface area contributed by atoms with Gasteiger partial charge in [0.15, 0.2) is 17.6 Å². The van der Waals surface area contributed by atoms with Crippen molar-refractivity contribution in [3.05, 3.63) is 60.1 Å². The number of esters is 2. The van der Waals surface area contributed by atoms with Crippen molar-refractivity contribution in [3.63, 3.8) is 0 Å². The molecule has 26 heavy (non-hydrogen) atoms. The highest BCUT2D eigenvalue weighted by Gasteiger charge is 2.20. The molecule has 0 N–H and O–H groups in total. The van der Waals surface area contributed by atoms with E-state index in [1.54, 1.807) is 31.2 Å². The molecular formula is C19H20O7. The third kappa shape index (κ3) is 4.89. The van der Waals surface area contributed by atoms with Gasteiger partial charge in [-0.1, -0.05) is 0 Å². The van der Waals surface area contributed by atoms with E-state index in [2.05, 4.69) is 0 Å². The quantitative estimate of drug-likeness (QED) is 0.527. The first-order valence-electron chi connectivity index (χ1n) is 7.90. The summed E-state index contributed by atoms with van der Waals surface area (Å²) in [6.07, 6.45) is 3.16. The average molecular weight is 360 g/mol. The average Bonchev–Trinajstić information content (AvgIpc) is 3.19. The zero-order valence-electron chi connectivity index (χ0n) is 14.8. The second-order valence-corrected chi connectivity index (χ2v) is 5.02. The Morgan fingerprint density at radius 2 is 1.92 bits per heavy atom. The van der Waals surface area contributed by atoms with Crippen LogP contribution in [0, 0.1) is 0 Å². The van der Waals surface area contributed by atoms with Gasteiger partial charge in [-0.2, -0.15) is 0 Å². The monoisotopic (exact) mass is 360 g/mol. The van der Waals surface area contributed by atoms with Gasteiger partial charge in [-0.15, -0.1) is 0 Å². The second-order valence-electron chi connectivity index (χ2n) is 5.02. The zero-order chi connectivity index (χ0) is 18.9. The highest BCUT2D eigenvalue weighted by atomic mass is 16.6. The summed E-state index contributed by atoms with van der Waals surface area (Å²) in [5.74, 6) is 0.124. The minimum Gasteiger partial charge on any atom is -0.493 e. The van der Waals surface area contributed by atoms with Crippen LogP contribution in [0.2, 0.25) is 0 Å². The molecular weight excluding hydrogens is 340 g/mol. The number of ether oxygens (including phenoxy) is 4. The Morgan fingerprint density at radius 3 is 2.54 bits per heavy atom. The van der Waals surface area contributed by atoms with E-state index >= 15 is 0 Å². The molecule has 2 rings (SSSR count). The van der Waals surface area contributed by atoms with Crippen molar-refractivity contribution in [1.29, 1.82) is 0 Å². The summed E-state index contributed by atoms with van der Waals surface area (Å²) in [5, 5.41) is 0. The van der Waals surface area contributed by atoms with Crippen LogP contribution in [-0.2, 0) is 14.3 Å². The normalized spacial score (nSPS) is 11.8. The van der Waals surface area contributed by atoms with Gasteiger partial charge in [0, 0.05) is 6.08 Å². The van der Waals surface area contributed by atoms with Crippen LogP contribution in [0.25, 0.3) is 0 Å². The number of carbonyl (C=O) groups excluding carboxylic acids is 2. The van der Waals surface area contributed by atoms with Crippen molar-refractivity contribution in [2.75, 3.05) is 20.8 Å². The summed E-state index contributed by atoms with van der Waals surface area (Å²) in [6, 6.07) is 7.96. The maximum absolute atomic E-state index is 12.5. The molecule has 1 aromatic carbocycles. The summed E-state index contributed by atoms with van der Waals surface area (Å²) in [7, 11) is 2.98. The van der Waals surface area contributed by atoms with Crippen molar-refractivity contribution in [2.45, 2.75) is 13.0 Å². The molecule has 1 atom stereocenters. The predicted molar refractivity (Wildman–Crippen MR) is 92.2 cm³/mol. The van der Waals surface area contributed by atoms with E-state index in [1.807, 2.05) is 0 Å². The van der Waals surface area contributed by atoms with Crippen LogP contribution in [0.3, 0.4) is 0 Å². The molecule has 2 aromatic rings. The smallest absolute Gasteiger partial charge is 0.339 e. The Kier molecular flexibility index (Phi) is 6.84. The van der Waals surface area contributed by atoms with Crippen LogP contribution in [0.1, 0.15) is 29.1 Å². The minimum absolute atomic E-state index is 0.250. The van der Waals surface area contributed by atoms with Gasteiger partial charge >= 0.3 is 11.9 Å². The number of hydrogen-bond donors (Lipinski definition) is 0. The van der Waals surface area contributed by atoms with Gasteiger partial charge in [0.05, 0.1) is 32.7 Å². The molecule has 7 heteroatoms. The molecule has 1 aromatic heterocycles. The van der Waals surface area contributed by atoms with Crippen LogP contribution in [0.15, 0.2) is 53.2 Å². The lowest BCUT2D eigenvalue weighted by Crippen LogP contribution is -2.11. The van der Waals surface area contributed by atoms with E-state index in [9.17, 15) is 9.59 Å². The van der Waals surface area contributed by atoms with Crippen LogP contribution < -0.4 is 9.47 Å². The standard InChI is InChI=1S/C19H20O7/c1-4-24-18(20)10-9-16(15-6-5-11-25-15)26-19(21)13-7-8-14(22-2)17(12-13)23-3/h5-12,16H,4H2,1-3H3/b10-9+/t16-/m1/s1. The van der Waals surface area contributed by atoms with Crippen molar-refractivity contribution in [2.24, 2.45) is 0 Å². The first-order chi connectivity index (χ1) is 12.6. The van der Waals surface area contributed by atoms with E-state index in [1.165, 1.54) is 38.7 Å². The summed E-state index contributed by atoms with van der Waals surface area (Å²) in [4.78, 5) is 24.0. The Labute approximate surface area is 151 Å². The first-order valence-corrected chi connectivity index (χ1v) is 7.90. The Morgan fingerprint density at radius 1 is 1.15 bits per heavy atom. The maximum Gasteiger partial charge on any atom is 0.339 e. The Balaban J connectivity index is 2.19. The van der Waals surface area contributed by atoms with Crippen molar-refractivity contribution in [3.8, 4) is 11.5 Å². The van der Waals surface area contributed by atoms with Crippen LogP contribution in [0.5, 0.6) is 11.5 Å². The molecule has 0 saturated carbocycles. The third-order valence-electron chi connectivity index (χ3n) is 3.37. The fourth-order valence-electron chi connectivity index (χ4n) is 2.15.